The van der Waals surface area contributed by atoms with Crippen LogP contribution < -0.4 is 16.4 Å². The van der Waals surface area contributed by atoms with E-state index in [-0.39, 0.29) is 17.7 Å². The van der Waals surface area contributed by atoms with Crippen molar-refractivity contribution in [2.45, 2.75) is 64.8 Å². The highest BCUT2D eigenvalue weighted by atomic mass is 31.2. The van der Waals surface area contributed by atoms with Gasteiger partial charge in [0.1, 0.15) is 17.7 Å². The number of hydrogen-bond donors (Lipinski definition) is 2. The van der Waals surface area contributed by atoms with E-state index in [1.807, 2.05) is 13.8 Å². The van der Waals surface area contributed by atoms with Gasteiger partial charge in [-0.15, -0.1) is 0 Å². The zero-order chi connectivity index (χ0) is 22.2. The van der Waals surface area contributed by atoms with Crippen molar-refractivity contribution in [2.24, 2.45) is 5.92 Å². The normalized spacial score (nSPS) is 26.7. The Morgan fingerprint density at radius 1 is 1.27 bits per heavy atom. The number of nitrogens with two attached hydrogens (primary N) is 2. The smallest absolute Gasteiger partial charge is 0.268 e. The van der Waals surface area contributed by atoms with Crippen LogP contribution in [-0.2, 0) is 23.1 Å². The van der Waals surface area contributed by atoms with Gasteiger partial charge in [-0.1, -0.05) is 13.8 Å². The van der Waals surface area contributed by atoms with Crippen LogP contribution in [-0.4, -0.2) is 51.0 Å². The Kier molecular flexibility index (Phi) is 6.66. The average Bonchev–Trinajstić information content (AvgIpc) is 3.14. The quantitative estimate of drug-likeness (QED) is 0.562. The molecule has 0 radical (unpaired) electrons. The summed E-state index contributed by atoms with van der Waals surface area (Å²) in [4.78, 5) is 24.7. The molecule has 0 aliphatic carbocycles. The summed E-state index contributed by atoms with van der Waals surface area (Å²) in [6.45, 7) is 7.21. The standard InChI is InChI=1S/C17H29N6O6P/c1-8(2)6-10-12(29-30(24,25)28-9(3)4)13(26-5)16(27-10)23-7-20-11-14(18)21-17(19)22-15(11)23/h7-10,12-13,16H,6H2,1-5H3,(H,24,25)(H4,18,19,21,22)/p-1/t10-,12?,13+,16-/m1/s1. The fourth-order valence-electron chi connectivity index (χ4n) is 3.54. The lowest BCUT2D eigenvalue weighted by Gasteiger charge is -2.32. The second-order valence-corrected chi connectivity index (χ2v) is 9.17. The largest absolute Gasteiger partial charge is 0.756 e. The number of imidazole rings is 1. The highest BCUT2D eigenvalue weighted by Crippen LogP contribution is 2.47. The van der Waals surface area contributed by atoms with E-state index in [9.17, 15) is 9.46 Å². The Balaban J connectivity index is 1.99. The number of rotatable bonds is 8. The maximum absolute atomic E-state index is 12.4. The third kappa shape index (κ3) is 4.74. The lowest BCUT2D eigenvalue weighted by atomic mass is 10.0. The predicted molar refractivity (Wildman–Crippen MR) is 107 cm³/mol. The Bertz CT molecular complexity index is 937. The highest BCUT2D eigenvalue weighted by molar-refractivity contribution is 7.45. The van der Waals surface area contributed by atoms with Crippen molar-refractivity contribution >= 4 is 30.8 Å². The van der Waals surface area contributed by atoms with Crippen molar-refractivity contribution in [1.29, 1.82) is 0 Å². The molecule has 3 rings (SSSR count). The van der Waals surface area contributed by atoms with Crippen LogP contribution in [0, 0.1) is 5.92 Å². The summed E-state index contributed by atoms with van der Waals surface area (Å²) in [5.74, 6) is 0.321. The number of anilines is 2. The fourth-order valence-corrected chi connectivity index (χ4v) is 4.66. The Labute approximate surface area is 174 Å². The van der Waals surface area contributed by atoms with Crippen LogP contribution in [0.5, 0.6) is 0 Å². The van der Waals surface area contributed by atoms with Gasteiger partial charge in [0.25, 0.3) is 7.82 Å². The van der Waals surface area contributed by atoms with Crippen LogP contribution in [0.2, 0.25) is 0 Å². The monoisotopic (exact) mass is 443 g/mol. The third-order valence-corrected chi connectivity index (χ3v) is 5.77. The number of hydrogen-bond acceptors (Lipinski definition) is 11. The molecule has 0 aromatic carbocycles. The SMILES string of the molecule is CO[C@H]1C(OP(=O)([O-])OC(C)C)[C@@H](CC(C)C)O[C@H]1n1cnc2c(N)nc(N)nc21. The summed E-state index contributed by atoms with van der Waals surface area (Å²) in [6, 6.07) is 0. The molecule has 0 amide bonds. The van der Waals surface area contributed by atoms with Crippen molar-refractivity contribution < 1.29 is 28.0 Å². The number of ether oxygens (including phenoxy) is 2. The molecule has 12 nitrogen and oxygen atoms in total. The number of nitrogen functional groups attached to an aromatic ring is 2. The van der Waals surface area contributed by atoms with Gasteiger partial charge < -0.3 is 34.9 Å². The van der Waals surface area contributed by atoms with Gasteiger partial charge in [0.2, 0.25) is 5.95 Å². The van der Waals surface area contributed by atoms with Crippen molar-refractivity contribution in [3.63, 3.8) is 0 Å². The molecule has 1 aliphatic rings. The zero-order valence-electron chi connectivity index (χ0n) is 17.6. The van der Waals surface area contributed by atoms with E-state index in [1.165, 1.54) is 13.4 Å². The number of nitrogens with zero attached hydrogens (tertiary/aromatic N) is 4. The van der Waals surface area contributed by atoms with Gasteiger partial charge >= 0.3 is 0 Å². The van der Waals surface area contributed by atoms with Crippen LogP contribution in [0.25, 0.3) is 11.2 Å². The molecule has 13 heteroatoms. The third-order valence-electron chi connectivity index (χ3n) is 4.59. The summed E-state index contributed by atoms with van der Waals surface area (Å²) in [5.41, 5.74) is 12.3. The van der Waals surface area contributed by atoms with Gasteiger partial charge in [-0.05, 0) is 26.2 Å². The van der Waals surface area contributed by atoms with E-state index < -0.39 is 38.5 Å². The molecular formula is C17H28N6O6P-. The summed E-state index contributed by atoms with van der Waals surface area (Å²) >= 11 is 0. The minimum atomic E-state index is -4.60. The summed E-state index contributed by atoms with van der Waals surface area (Å²) in [5, 5.41) is 0. The van der Waals surface area contributed by atoms with Crippen LogP contribution in [0.15, 0.2) is 6.33 Å². The molecule has 2 aromatic rings. The molecule has 0 spiro atoms. The number of fused-ring (bicyclic) bond motifs is 1. The molecule has 3 heterocycles. The van der Waals surface area contributed by atoms with Crippen LogP contribution >= 0.6 is 7.82 Å². The molecule has 1 saturated heterocycles. The lowest BCUT2D eigenvalue weighted by molar-refractivity contribution is -0.236. The number of phosphoric acid groups is 1. The van der Waals surface area contributed by atoms with Gasteiger partial charge in [0, 0.05) is 7.11 Å². The summed E-state index contributed by atoms with van der Waals surface area (Å²) in [7, 11) is -3.15. The maximum Gasteiger partial charge on any atom is 0.268 e. The minimum absolute atomic E-state index is 0.0189. The van der Waals surface area contributed by atoms with Gasteiger partial charge in [0.05, 0.1) is 18.5 Å². The van der Waals surface area contributed by atoms with Crippen molar-refractivity contribution in [3.8, 4) is 0 Å². The Hall–Kier alpha value is -1.82. The fraction of sp³-hybridized carbons (Fsp3) is 0.706. The first-order valence-corrected chi connectivity index (χ1v) is 11.1. The van der Waals surface area contributed by atoms with Gasteiger partial charge in [-0.2, -0.15) is 9.97 Å². The number of phosphoric ester groups is 1. The second kappa shape index (κ2) is 8.74. The van der Waals surface area contributed by atoms with Crippen molar-refractivity contribution in [2.75, 3.05) is 18.6 Å². The van der Waals surface area contributed by atoms with E-state index in [4.69, 9.17) is 30.0 Å². The van der Waals surface area contributed by atoms with Crippen LogP contribution in [0.1, 0.15) is 40.3 Å². The molecule has 2 unspecified atom stereocenters. The molecule has 4 N–H and O–H groups in total. The maximum atomic E-state index is 12.4. The molecule has 0 bridgehead atoms. The number of aromatic nitrogens is 4. The van der Waals surface area contributed by atoms with Gasteiger partial charge in [-0.3, -0.25) is 9.13 Å². The first kappa shape index (κ1) is 22.9. The molecule has 30 heavy (non-hydrogen) atoms. The molecule has 2 aromatic heterocycles. The molecule has 0 saturated carbocycles. The van der Waals surface area contributed by atoms with E-state index in [2.05, 4.69) is 15.0 Å². The molecule has 1 aliphatic heterocycles. The Morgan fingerprint density at radius 2 is 1.97 bits per heavy atom. The molecule has 168 valence electrons. The first-order valence-electron chi connectivity index (χ1n) is 9.64. The van der Waals surface area contributed by atoms with Gasteiger partial charge in [-0.25, -0.2) is 4.98 Å². The highest BCUT2D eigenvalue weighted by Gasteiger charge is 2.49. The molecule has 5 atom stereocenters. The van der Waals surface area contributed by atoms with E-state index >= 15 is 0 Å². The van der Waals surface area contributed by atoms with E-state index in [0.717, 1.165) is 0 Å². The molecular weight excluding hydrogens is 415 g/mol. The van der Waals surface area contributed by atoms with Crippen molar-refractivity contribution in [3.05, 3.63) is 6.33 Å². The topological polar surface area (TPSA) is 173 Å². The second-order valence-electron chi connectivity index (χ2n) is 7.86. The zero-order valence-corrected chi connectivity index (χ0v) is 18.5. The average molecular weight is 443 g/mol. The number of methoxy groups -OCH3 is 1. The Morgan fingerprint density at radius 3 is 2.57 bits per heavy atom. The van der Waals surface area contributed by atoms with Crippen LogP contribution in [0.3, 0.4) is 0 Å². The van der Waals surface area contributed by atoms with E-state index in [0.29, 0.717) is 17.6 Å². The summed E-state index contributed by atoms with van der Waals surface area (Å²) < 4.78 is 36.2. The molecule has 1 fully saturated rings. The van der Waals surface area contributed by atoms with E-state index in [1.54, 1.807) is 18.4 Å². The lowest BCUT2D eigenvalue weighted by Crippen LogP contribution is -2.37. The minimum Gasteiger partial charge on any atom is -0.756 e. The first-order chi connectivity index (χ1) is 14.0. The van der Waals surface area contributed by atoms with Gasteiger partial charge in [0.15, 0.2) is 17.7 Å². The summed E-state index contributed by atoms with van der Waals surface area (Å²) in [6.07, 6.45) is -1.62. The van der Waals surface area contributed by atoms with Crippen LogP contribution in [0.4, 0.5) is 11.8 Å². The predicted octanol–water partition coefficient (Wildman–Crippen LogP) is 1.23. The van der Waals surface area contributed by atoms with Crippen molar-refractivity contribution in [1.82, 2.24) is 19.5 Å².